The van der Waals surface area contributed by atoms with Crippen molar-refractivity contribution in [1.82, 2.24) is 10.9 Å². The van der Waals surface area contributed by atoms with E-state index in [2.05, 4.69) is 10.9 Å². The molecule has 2 rings (SSSR count). The molecular weight excluding hydrogens is 308 g/mol. The van der Waals surface area contributed by atoms with E-state index in [0.29, 0.717) is 6.42 Å². The first-order chi connectivity index (χ1) is 11.3. The summed E-state index contributed by atoms with van der Waals surface area (Å²) < 4.78 is 11.0. The molecule has 132 valence electrons. The summed E-state index contributed by atoms with van der Waals surface area (Å²) in [6.45, 7) is 5.29. The fourth-order valence-electron chi connectivity index (χ4n) is 2.70. The zero-order valence-corrected chi connectivity index (χ0v) is 14.5. The molecule has 1 aliphatic rings. The Morgan fingerprint density at radius 1 is 1.08 bits per heavy atom. The summed E-state index contributed by atoms with van der Waals surface area (Å²) in [5, 5.41) is 0. The quantitative estimate of drug-likeness (QED) is 0.832. The SMILES string of the molecule is CC(C)(C)OC(=O)NNC(=O)[C@H]1CCC[C@H](Oc2ccccc2)C1. The highest BCUT2D eigenvalue weighted by atomic mass is 16.6. The number of nitrogens with one attached hydrogen (secondary N) is 2. The highest BCUT2D eigenvalue weighted by Gasteiger charge is 2.29. The van der Waals surface area contributed by atoms with Crippen molar-refractivity contribution in [3.63, 3.8) is 0 Å². The molecule has 6 heteroatoms. The Kier molecular flexibility index (Phi) is 6.06. The molecule has 0 radical (unpaired) electrons. The Morgan fingerprint density at radius 2 is 1.79 bits per heavy atom. The first-order valence-corrected chi connectivity index (χ1v) is 8.34. The Morgan fingerprint density at radius 3 is 2.46 bits per heavy atom. The van der Waals surface area contributed by atoms with Gasteiger partial charge in [0, 0.05) is 5.92 Å². The van der Waals surface area contributed by atoms with Gasteiger partial charge in [0.25, 0.3) is 0 Å². The average Bonchev–Trinajstić information content (AvgIpc) is 2.52. The third-order valence-corrected chi connectivity index (χ3v) is 3.73. The van der Waals surface area contributed by atoms with Crippen LogP contribution in [0.5, 0.6) is 5.75 Å². The average molecular weight is 334 g/mol. The molecule has 0 unspecified atom stereocenters. The van der Waals surface area contributed by atoms with Crippen LogP contribution in [0.1, 0.15) is 46.5 Å². The molecule has 1 saturated carbocycles. The van der Waals surface area contributed by atoms with Crippen LogP contribution >= 0.6 is 0 Å². The highest BCUT2D eigenvalue weighted by molar-refractivity contribution is 5.81. The Balaban J connectivity index is 1.79. The molecule has 0 saturated heterocycles. The van der Waals surface area contributed by atoms with E-state index in [4.69, 9.17) is 9.47 Å². The molecule has 2 N–H and O–H groups in total. The summed E-state index contributed by atoms with van der Waals surface area (Å²) in [7, 11) is 0. The second-order valence-electron chi connectivity index (χ2n) is 7.03. The summed E-state index contributed by atoms with van der Waals surface area (Å²) in [5.41, 5.74) is 4.14. The van der Waals surface area contributed by atoms with Gasteiger partial charge >= 0.3 is 6.09 Å². The fourth-order valence-corrected chi connectivity index (χ4v) is 2.70. The van der Waals surface area contributed by atoms with Gasteiger partial charge < -0.3 is 9.47 Å². The third-order valence-electron chi connectivity index (χ3n) is 3.73. The minimum atomic E-state index is -0.663. The maximum absolute atomic E-state index is 12.2. The lowest BCUT2D eigenvalue weighted by molar-refractivity contribution is -0.128. The molecule has 1 fully saturated rings. The molecule has 0 aliphatic heterocycles. The number of rotatable bonds is 3. The molecule has 2 amide bonds. The number of amides is 2. The topological polar surface area (TPSA) is 76.7 Å². The van der Waals surface area contributed by atoms with E-state index in [-0.39, 0.29) is 17.9 Å². The smallest absolute Gasteiger partial charge is 0.426 e. The summed E-state index contributed by atoms with van der Waals surface area (Å²) in [6.07, 6.45) is 2.62. The Hall–Kier alpha value is -2.24. The highest BCUT2D eigenvalue weighted by Crippen LogP contribution is 2.27. The summed E-state index contributed by atoms with van der Waals surface area (Å²) in [5.74, 6) is 0.431. The van der Waals surface area contributed by atoms with Crippen molar-refractivity contribution in [3.8, 4) is 5.75 Å². The minimum absolute atomic E-state index is 0.0124. The van der Waals surface area contributed by atoms with Gasteiger partial charge in [0.2, 0.25) is 5.91 Å². The maximum Gasteiger partial charge on any atom is 0.426 e. The number of hydrogen-bond donors (Lipinski definition) is 2. The summed E-state index contributed by atoms with van der Waals surface area (Å²) in [6, 6.07) is 9.61. The standard InChI is InChI=1S/C18H26N2O4/c1-18(2,3)24-17(22)20-19-16(21)13-8-7-11-15(12-13)23-14-9-5-4-6-10-14/h4-6,9-10,13,15H,7-8,11-12H2,1-3H3,(H,19,21)(H,20,22)/t13-,15-/m0/s1. The van der Waals surface area contributed by atoms with Gasteiger partial charge in [-0.3, -0.25) is 10.2 Å². The lowest BCUT2D eigenvalue weighted by Crippen LogP contribution is -2.47. The lowest BCUT2D eigenvalue weighted by atomic mass is 9.86. The van der Waals surface area contributed by atoms with E-state index in [1.165, 1.54) is 0 Å². The fraction of sp³-hybridized carbons (Fsp3) is 0.556. The first-order valence-electron chi connectivity index (χ1n) is 8.34. The number of para-hydroxylation sites is 1. The lowest BCUT2D eigenvalue weighted by Gasteiger charge is -2.29. The van der Waals surface area contributed by atoms with Gasteiger partial charge in [-0.15, -0.1) is 0 Å². The van der Waals surface area contributed by atoms with E-state index < -0.39 is 11.7 Å². The molecule has 0 heterocycles. The normalized spacial score (nSPS) is 20.8. The molecule has 2 atom stereocenters. The van der Waals surface area contributed by atoms with Crippen molar-refractivity contribution in [3.05, 3.63) is 30.3 Å². The van der Waals surface area contributed by atoms with E-state index in [9.17, 15) is 9.59 Å². The van der Waals surface area contributed by atoms with E-state index in [1.807, 2.05) is 30.3 Å². The number of carbonyl (C=O) groups excluding carboxylic acids is 2. The molecule has 24 heavy (non-hydrogen) atoms. The number of hydrogen-bond acceptors (Lipinski definition) is 4. The van der Waals surface area contributed by atoms with Crippen molar-refractivity contribution in [2.75, 3.05) is 0 Å². The molecule has 0 spiro atoms. The van der Waals surface area contributed by atoms with Gasteiger partial charge in [-0.2, -0.15) is 0 Å². The van der Waals surface area contributed by atoms with Crippen LogP contribution in [-0.4, -0.2) is 23.7 Å². The molecular formula is C18H26N2O4. The number of benzene rings is 1. The second kappa shape index (κ2) is 8.04. The van der Waals surface area contributed by atoms with Gasteiger partial charge in [0.1, 0.15) is 11.4 Å². The minimum Gasteiger partial charge on any atom is -0.490 e. The van der Waals surface area contributed by atoms with E-state index in [1.54, 1.807) is 20.8 Å². The summed E-state index contributed by atoms with van der Waals surface area (Å²) >= 11 is 0. The van der Waals surface area contributed by atoms with Crippen molar-refractivity contribution in [2.45, 2.75) is 58.2 Å². The van der Waals surface area contributed by atoms with Crippen LogP contribution in [0, 0.1) is 5.92 Å². The van der Waals surface area contributed by atoms with Crippen LogP contribution in [0.3, 0.4) is 0 Å². The molecule has 0 aromatic heterocycles. The monoisotopic (exact) mass is 334 g/mol. The van der Waals surface area contributed by atoms with Crippen LogP contribution in [0.25, 0.3) is 0 Å². The molecule has 0 bridgehead atoms. The van der Waals surface area contributed by atoms with Gasteiger partial charge in [0.15, 0.2) is 0 Å². The largest absolute Gasteiger partial charge is 0.490 e. The predicted octanol–water partition coefficient (Wildman–Crippen LogP) is 3.18. The summed E-state index contributed by atoms with van der Waals surface area (Å²) in [4.78, 5) is 23.8. The molecule has 1 aromatic carbocycles. The van der Waals surface area contributed by atoms with Gasteiger partial charge in [-0.1, -0.05) is 18.2 Å². The number of hydrazine groups is 1. The molecule has 6 nitrogen and oxygen atoms in total. The zero-order chi connectivity index (χ0) is 17.6. The van der Waals surface area contributed by atoms with Crippen LogP contribution in [0.2, 0.25) is 0 Å². The predicted molar refractivity (Wildman–Crippen MR) is 90.3 cm³/mol. The number of ether oxygens (including phenoxy) is 2. The van der Waals surface area contributed by atoms with Crippen molar-refractivity contribution >= 4 is 12.0 Å². The zero-order valence-electron chi connectivity index (χ0n) is 14.5. The van der Waals surface area contributed by atoms with E-state index >= 15 is 0 Å². The van der Waals surface area contributed by atoms with Crippen molar-refractivity contribution < 1.29 is 19.1 Å². The van der Waals surface area contributed by atoms with Crippen LogP contribution in [0.4, 0.5) is 4.79 Å². The third kappa shape index (κ3) is 6.10. The second-order valence-corrected chi connectivity index (χ2v) is 7.03. The molecule has 1 aliphatic carbocycles. The van der Waals surface area contributed by atoms with Gasteiger partial charge in [-0.05, 0) is 58.6 Å². The van der Waals surface area contributed by atoms with Crippen molar-refractivity contribution in [2.24, 2.45) is 5.92 Å². The number of carbonyl (C=O) groups is 2. The van der Waals surface area contributed by atoms with Crippen LogP contribution in [0.15, 0.2) is 30.3 Å². The van der Waals surface area contributed by atoms with Crippen LogP contribution in [-0.2, 0) is 9.53 Å². The Labute approximate surface area is 142 Å². The van der Waals surface area contributed by atoms with Crippen molar-refractivity contribution in [1.29, 1.82) is 0 Å². The first kappa shape index (κ1) is 18.1. The Bertz CT molecular complexity index is 554. The van der Waals surface area contributed by atoms with E-state index in [0.717, 1.165) is 25.0 Å². The van der Waals surface area contributed by atoms with Gasteiger partial charge in [-0.25, -0.2) is 10.2 Å². The van der Waals surface area contributed by atoms with Gasteiger partial charge in [0.05, 0.1) is 6.10 Å². The molecule has 1 aromatic rings. The van der Waals surface area contributed by atoms with Crippen LogP contribution < -0.4 is 15.6 Å². The maximum atomic E-state index is 12.2.